The maximum Gasteiger partial charge on any atom is 0.275 e. The zero-order valence-electron chi connectivity index (χ0n) is 17.1. The zero-order valence-corrected chi connectivity index (χ0v) is 18.7. The van der Waals surface area contributed by atoms with Crippen LogP contribution in [0.25, 0.3) is 4.96 Å². The minimum Gasteiger partial charge on any atom is -0.484 e. The lowest BCUT2D eigenvalue weighted by Gasteiger charge is -2.11. The van der Waals surface area contributed by atoms with Gasteiger partial charge in [-0.1, -0.05) is 41.7 Å². The van der Waals surface area contributed by atoms with Crippen molar-refractivity contribution in [1.29, 1.82) is 0 Å². The Balaban J connectivity index is 1.25. The van der Waals surface area contributed by atoms with Crippen molar-refractivity contribution in [2.75, 3.05) is 11.9 Å². The van der Waals surface area contributed by atoms with Crippen LogP contribution in [0.15, 0.2) is 70.4 Å². The van der Waals surface area contributed by atoms with Crippen LogP contribution >= 0.6 is 23.1 Å². The summed E-state index contributed by atoms with van der Waals surface area (Å²) in [6, 6.07) is 18.3. The fraction of sp³-hybridized carbons (Fsp3) is 0.217. The normalized spacial score (nSPS) is 13.2. The van der Waals surface area contributed by atoms with Crippen molar-refractivity contribution in [2.45, 2.75) is 29.4 Å². The molecular weight excluding hydrogens is 444 g/mol. The van der Waals surface area contributed by atoms with E-state index in [4.69, 9.17) is 4.74 Å². The van der Waals surface area contributed by atoms with Gasteiger partial charge in [0, 0.05) is 22.6 Å². The van der Waals surface area contributed by atoms with Gasteiger partial charge in [-0.15, -0.1) is 11.8 Å². The van der Waals surface area contributed by atoms with Gasteiger partial charge in [-0.05, 0) is 37.1 Å². The number of rotatable bonds is 8. The Morgan fingerprint density at radius 2 is 1.94 bits per heavy atom. The number of anilines is 1. The first kappa shape index (κ1) is 20.7. The Bertz CT molecular complexity index is 1320. The molecule has 2 aromatic heterocycles. The summed E-state index contributed by atoms with van der Waals surface area (Å²) in [5.41, 5.74) is 1.23. The molecule has 2 aromatic carbocycles. The van der Waals surface area contributed by atoms with Crippen LogP contribution in [-0.4, -0.2) is 27.1 Å². The minimum absolute atomic E-state index is 0.0767. The number of aromatic nitrogens is 3. The molecule has 1 aliphatic rings. The Morgan fingerprint density at radius 1 is 1.16 bits per heavy atom. The number of benzene rings is 2. The van der Waals surface area contributed by atoms with Crippen LogP contribution in [-0.2, 0) is 10.5 Å². The standard InChI is InChI=1S/C23H20N4O3S2/c28-20(13-30-17-6-2-1-3-7-17)25-18-8-4-5-9-19(18)31-14-16-12-21(29)27-23(24-16)32-22(26-27)15-10-11-15/h1-9,12,15H,10-11,13-14H2,(H,25,28). The van der Waals surface area contributed by atoms with Crippen LogP contribution in [0, 0.1) is 0 Å². The molecule has 0 spiro atoms. The molecule has 1 aliphatic carbocycles. The number of fused-ring (bicyclic) bond motifs is 1. The lowest BCUT2D eigenvalue weighted by Crippen LogP contribution is -2.20. The summed E-state index contributed by atoms with van der Waals surface area (Å²) in [4.78, 5) is 31.0. The maximum absolute atomic E-state index is 12.5. The molecule has 0 bridgehead atoms. The zero-order chi connectivity index (χ0) is 21.9. The van der Waals surface area contributed by atoms with E-state index in [1.807, 2.05) is 42.5 Å². The third kappa shape index (κ3) is 4.84. The SMILES string of the molecule is O=C(COc1ccccc1)Nc1ccccc1SCc1cc(=O)n2nc(C3CC3)sc2n1. The molecule has 1 fully saturated rings. The van der Waals surface area contributed by atoms with Gasteiger partial charge in [0.1, 0.15) is 10.8 Å². The smallest absolute Gasteiger partial charge is 0.275 e. The van der Waals surface area contributed by atoms with Crippen LogP contribution in [0.3, 0.4) is 0 Å². The highest BCUT2D eigenvalue weighted by Crippen LogP contribution is 2.41. The molecule has 32 heavy (non-hydrogen) atoms. The summed E-state index contributed by atoms with van der Waals surface area (Å²) < 4.78 is 6.91. The van der Waals surface area contributed by atoms with Gasteiger partial charge in [0.25, 0.3) is 11.5 Å². The molecule has 2 heterocycles. The quantitative estimate of drug-likeness (QED) is 0.391. The molecule has 1 N–H and O–H groups in total. The first-order valence-corrected chi connectivity index (χ1v) is 12.0. The monoisotopic (exact) mass is 464 g/mol. The van der Waals surface area contributed by atoms with E-state index in [1.165, 1.54) is 33.7 Å². The fourth-order valence-electron chi connectivity index (χ4n) is 3.14. The van der Waals surface area contributed by atoms with E-state index in [-0.39, 0.29) is 18.1 Å². The number of para-hydroxylation sites is 2. The van der Waals surface area contributed by atoms with Crippen LogP contribution in [0.4, 0.5) is 5.69 Å². The number of carbonyl (C=O) groups excluding carboxylic acids is 1. The second-order valence-electron chi connectivity index (χ2n) is 7.43. The maximum atomic E-state index is 12.5. The molecule has 0 atom stereocenters. The molecule has 9 heteroatoms. The second kappa shape index (κ2) is 9.13. The number of carbonyl (C=O) groups is 1. The van der Waals surface area contributed by atoms with Crippen molar-refractivity contribution in [3.8, 4) is 5.75 Å². The number of nitrogens with one attached hydrogen (secondary N) is 1. The van der Waals surface area contributed by atoms with E-state index in [0.717, 1.165) is 22.7 Å². The van der Waals surface area contributed by atoms with Gasteiger partial charge in [0.15, 0.2) is 6.61 Å². The molecule has 162 valence electrons. The molecule has 0 radical (unpaired) electrons. The van der Waals surface area contributed by atoms with Gasteiger partial charge < -0.3 is 10.1 Å². The summed E-state index contributed by atoms with van der Waals surface area (Å²) in [7, 11) is 0. The molecule has 1 saturated carbocycles. The van der Waals surface area contributed by atoms with Crippen molar-refractivity contribution >= 4 is 39.7 Å². The van der Waals surface area contributed by atoms with Crippen molar-refractivity contribution in [1.82, 2.24) is 14.6 Å². The average molecular weight is 465 g/mol. The van der Waals surface area contributed by atoms with Crippen LogP contribution in [0.2, 0.25) is 0 Å². The second-order valence-corrected chi connectivity index (χ2v) is 9.43. The van der Waals surface area contributed by atoms with Gasteiger partial charge in [-0.2, -0.15) is 9.61 Å². The third-order valence-electron chi connectivity index (χ3n) is 4.89. The molecular formula is C23H20N4O3S2. The molecule has 0 saturated heterocycles. The predicted molar refractivity (Wildman–Crippen MR) is 126 cm³/mol. The summed E-state index contributed by atoms with van der Waals surface area (Å²) in [6.45, 7) is -0.0767. The number of ether oxygens (including phenoxy) is 1. The van der Waals surface area contributed by atoms with E-state index in [2.05, 4.69) is 15.4 Å². The highest BCUT2D eigenvalue weighted by Gasteiger charge is 2.28. The predicted octanol–water partition coefficient (Wildman–Crippen LogP) is 4.34. The van der Waals surface area contributed by atoms with Gasteiger partial charge in [0.2, 0.25) is 4.96 Å². The van der Waals surface area contributed by atoms with E-state index in [0.29, 0.717) is 33.8 Å². The Kier molecular flexibility index (Phi) is 5.91. The number of thioether (sulfide) groups is 1. The molecule has 0 aliphatic heterocycles. The first-order chi connectivity index (χ1) is 15.7. The summed E-state index contributed by atoms with van der Waals surface area (Å²) in [5.74, 6) is 1.40. The van der Waals surface area contributed by atoms with Gasteiger partial charge in [-0.25, -0.2) is 4.98 Å². The van der Waals surface area contributed by atoms with Crippen molar-refractivity contribution in [2.24, 2.45) is 0 Å². The minimum atomic E-state index is -0.239. The number of hydrogen-bond acceptors (Lipinski definition) is 7. The van der Waals surface area contributed by atoms with Gasteiger partial charge >= 0.3 is 0 Å². The van der Waals surface area contributed by atoms with E-state index < -0.39 is 0 Å². The molecule has 5 rings (SSSR count). The van der Waals surface area contributed by atoms with Crippen LogP contribution < -0.4 is 15.6 Å². The Morgan fingerprint density at radius 3 is 2.75 bits per heavy atom. The summed E-state index contributed by atoms with van der Waals surface area (Å²) in [5, 5.41) is 8.31. The fourth-order valence-corrected chi connectivity index (χ4v) is 5.13. The van der Waals surface area contributed by atoms with E-state index >= 15 is 0 Å². The van der Waals surface area contributed by atoms with Crippen molar-refractivity contribution in [3.63, 3.8) is 0 Å². The average Bonchev–Trinajstić information content (AvgIpc) is 3.57. The van der Waals surface area contributed by atoms with Crippen LogP contribution in [0.1, 0.15) is 29.5 Å². The summed E-state index contributed by atoms with van der Waals surface area (Å²) in [6.07, 6.45) is 2.27. The van der Waals surface area contributed by atoms with Crippen molar-refractivity contribution in [3.05, 3.63) is 81.7 Å². The topological polar surface area (TPSA) is 85.6 Å². The van der Waals surface area contributed by atoms with Gasteiger partial charge in [0.05, 0.1) is 11.4 Å². The molecule has 1 amide bonds. The van der Waals surface area contributed by atoms with Gasteiger partial charge in [-0.3, -0.25) is 9.59 Å². The lowest BCUT2D eigenvalue weighted by molar-refractivity contribution is -0.118. The number of nitrogens with zero attached hydrogens (tertiary/aromatic N) is 3. The van der Waals surface area contributed by atoms with E-state index in [1.54, 1.807) is 12.1 Å². The number of amides is 1. The van der Waals surface area contributed by atoms with Crippen molar-refractivity contribution < 1.29 is 9.53 Å². The van der Waals surface area contributed by atoms with Crippen LogP contribution in [0.5, 0.6) is 5.75 Å². The highest BCUT2D eigenvalue weighted by atomic mass is 32.2. The lowest BCUT2D eigenvalue weighted by atomic mass is 10.3. The Hall–Kier alpha value is -3.17. The largest absolute Gasteiger partial charge is 0.484 e. The molecule has 4 aromatic rings. The molecule has 7 nitrogen and oxygen atoms in total. The highest BCUT2D eigenvalue weighted by molar-refractivity contribution is 7.98. The Labute approximate surface area is 192 Å². The third-order valence-corrected chi connectivity index (χ3v) is 7.07. The summed E-state index contributed by atoms with van der Waals surface area (Å²) >= 11 is 3.01. The molecule has 0 unspecified atom stereocenters. The van der Waals surface area contributed by atoms with E-state index in [9.17, 15) is 9.59 Å². The first-order valence-electron chi connectivity index (χ1n) is 10.2. The number of hydrogen-bond donors (Lipinski definition) is 1.